The second kappa shape index (κ2) is 8.57. The standard InChI is InChI=1S/C23H27FN4O2S/c24-17-6-1-2-7-18(17)25-21(29)16-8-9-19-20(14-16)31-23(26-19)28-12-10-27(11-13-28)22(30)15-4-3-5-15/h1-2,6-7,15-16H,3-5,8-14H2,(H,25,29)/t16-/m1/s1. The SMILES string of the molecule is O=C(Nc1ccccc1F)[C@@H]1CCc2nc(N3CCN(C(=O)C4CCC4)CC3)sc2C1. The molecule has 0 spiro atoms. The molecule has 2 aromatic rings. The number of para-hydroxylation sites is 1. The Hall–Kier alpha value is -2.48. The summed E-state index contributed by atoms with van der Waals surface area (Å²) in [5, 5.41) is 3.73. The zero-order valence-electron chi connectivity index (χ0n) is 17.5. The lowest BCUT2D eigenvalue weighted by molar-refractivity contribution is -0.138. The number of carbonyl (C=O) groups is 2. The summed E-state index contributed by atoms with van der Waals surface area (Å²) in [6.45, 7) is 3.13. The minimum Gasteiger partial charge on any atom is -0.345 e. The molecule has 2 aliphatic carbocycles. The number of anilines is 2. The summed E-state index contributed by atoms with van der Waals surface area (Å²) in [6.07, 6.45) is 5.41. The van der Waals surface area contributed by atoms with Gasteiger partial charge in [-0.3, -0.25) is 9.59 Å². The average Bonchev–Trinajstić information content (AvgIpc) is 3.17. The lowest BCUT2D eigenvalue weighted by Crippen LogP contribution is -2.51. The lowest BCUT2D eigenvalue weighted by atomic mass is 9.84. The second-order valence-electron chi connectivity index (χ2n) is 8.72. The van der Waals surface area contributed by atoms with Crippen LogP contribution in [0.4, 0.5) is 15.2 Å². The van der Waals surface area contributed by atoms with Crippen molar-refractivity contribution in [2.45, 2.75) is 38.5 Å². The molecule has 2 heterocycles. The summed E-state index contributed by atoms with van der Waals surface area (Å²) in [7, 11) is 0. The first-order valence-corrected chi connectivity index (χ1v) is 12.0. The molecule has 2 amide bonds. The normalized spacial score (nSPS) is 21.4. The molecule has 3 aliphatic rings. The van der Waals surface area contributed by atoms with Gasteiger partial charge in [-0.2, -0.15) is 0 Å². The van der Waals surface area contributed by atoms with E-state index in [4.69, 9.17) is 4.98 Å². The van der Waals surface area contributed by atoms with Crippen LogP contribution in [0.5, 0.6) is 0 Å². The molecule has 1 N–H and O–H groups in total. The fourth-order valence-corrected chi connectivity index (χ4v) is 5.79. The van der Waals surface area contributed by atoms with Gasteiger partial charge in [0.05, 0.1) is 11.4 Å². The number of aryl methyl sites for hydroxylation is 1. The van der Waals surface area contributed by atoms with Crippen LogP contribution in [0, 0.1) is 17.7 Å². The number of piperazine rings is 1. The van der Waals surface area contributed by atoms with Crippen LogP contribution in [0.3, 0.4) is 0 Å². The van der Waals surface area contributed by atoms with Crippen LogP contribution in [0.1, 0.15) is 36.3 Å². The molecular weight excluding hydrogens is 415 g/mol. The Balaban J connectivity index is 1.19. The summed E-state index contributed by atoms with van der Waals surface area (Å²) in [5.41, 5.74) is 1.32. The average molecular weight is 443 g/mol. The van der Waals surface area contributed by atoms with Gasteiger partial charge in [-0.05, 0) is 44.2 Å². The van der Waals surface area contributed by atoms with E-state index < -0.39 is 5.82 Å². The lowest BCUT2D eigenvalue weighted by Gasteiger charge is -2.38. The fraction of sp³-hybridized carbons (Fsp3) is 0.522. The molecule has 5 rings (SSSR count). The topological polar surface area (TPSA) is 65.5 Å². The van der Waals surface area contributed by atoms with Gasteiger partial charge in [0.2, 0.25) is 11.8 Å². The van der Waals surface area contributed by atoms with Gasteiger partial charge in [0.1, 0.15) is 5.82 Å². The van der Waals surface area contributed by atoms with Gasteiger partial charge in [0.25, 0.3) is 0 Å². The highest BCUT2D eigenvalue weighted by molar-refractivity contribution is 7.15. The number of nitrogens with one attached hydrogen (secondary N) is 1. The molecule has 0 radical (unpaired) electrons. The van der Waals surface area contributed by atoms with Crippen LogP contribution in [0.25, 0.3) is 0 Å². The molecule has 8 heteroatoms. The Morgan fingerprint density at radius 3 is 2.55 bits per heavy atom. The van der Waals surface area contributed by atoms with Crippen LogP contribution in [0.15, 0.2) is 24.3 Å². The van der Waals surface area contributed by atoms with Gasteiger partial charge < -0.3 is 15.1 Å². The Kier molecular flexibility index (Phi) is 5.65. The van der Waals surface area contributed by atoms with Crippen molar-refractivity contribution in [3.8, 4) is 0 Å². The van der Waals surface area contributed by atoms with Crippen LogP contribution in [-0.2, 0) is 22.4 Å². The summed E-state index contributed by atoms with van der Waals surface area (Å²) in [5.74, 6) is -0.132. The number of fused-ring (bicyclic) bond motifs is 1. The molecule has 6 nitrogen and oxygen atoms in total. The van der Waals surface area contributed by atoms with Gasteiger partial charge in [-0.25, -0.2) is 9.37 Å². The first-order valence-electron chi connectivity index (χ1n) is 11.2. The van der Waals surface area contributed by atoms with Gasteiger partial charge in [-0.15, -0.1) is 11.3 Å². The third-order valence-electron chi connectivity index (χ3n) is 6.75. The molecule has 1 aromatic heterocycles. The van der Waals surface area contributed by atoms with Crippen molar-refractivity contribution < 1.29 is 14.0 Å². The van der Waals surface area contributed by atoms with Crippen molar-refractivity contribution >= 4 is 34.0 Å². The van der Waals surface area contributed by atoms with E-state index in [0.29, 0.717) is 12.3 Å². The Bertz CT molecular complexity index is 982. The highest BCUT2D eigenvalue weighted by Gasteiger charge is 2.33. The van der Waals surface area contributed by atoms with Gasteiger partial charge in [0, 0.05) is 42.9 Å². The molecule has 31 heavy (non-hydrogen) atoms. The third kappa shape index (κ3) is 4.18. The summed E-state index contributed by atoms with van der Waals surface area (Å²) >= 11 is 1.66. The van der Waals surface area contributed by atoms with Crippen LogP contribution in [0.2, 0.25) is 0 Å². The molecular formula is C23H27FN4O2S. The quantitative estimate of drug-likeness (QED) is 0.788. The number of amides is 2. The zero-order chi connectivity index (χ0) is 21.4. The van der Waals surface area contributed by atoms with Gasteiger partial charge in [0.15, 0.2) is 5.13 Å². The first-order chi connectivity index (χ1) is 15.1. The molecule has 0 unspecified atom stereocenters. The highest BCUT2D eigenvalue weighted by atomic mass is 32.1. The number of carbonyl (C=O) groups excluding carboxylic acids is 2. The van der Waals surface area contributed by atoms with E-state index in [1.54, 1.807) is 29.5 Å². The van der Waals surface area contributed by atoms with Crippen molar-refractivity contribution in [1.29, 1.82) is 0 Å². The number of hydrogen-bond donors (Lipinski definition) is 1. The van der Waals surface area contributed by atoms with Gasteiger partial charge in [-0.1, -0.05) is 18.6 Å². The Morgan fingerprint density at radius 2 is 1.84 bits per heavy atom. The predicted octanol–water partition coefficient (Wildman–Crippen LogP) is 3.47. The van der Waals surface area contributed by atoms with E-state index in [9.17, 15) is 14.0 Å². The highest BCUT2D eigenvalue weighted by Crippen LogP contribution is 2.35. The third-order valence-corrected chi connectivity index (χ3v) is 7.93. The smallest absolute Gasteiger partial charge is 0.227 e. The van der Waals surface area contributed by atoms with E-state index in [-0.39, 0.29) is 23.4 Å². The number of thiazole rings is 1. The number of aromatic nitrogens is 1. The largest absolute Gasteiger partial charge is 0.345 e. The van der Waals surface area contributed by atoms with E-state index in [0.717, 1.165) is 67.6 Å². The first kappa shape index (κ1) is 20.4. The minimum absolute atomic E-state index is 0.131. The Morgan fingerprint density at radius 1 is 1.06 bits per heavy atom. The van der Waals surface area contributed by atoms with E-state index in [1.807, 2.05) is 4.90 Å². The number of rotatable bonds is 4. The number of hydrogen-bond acceptors (Lipinski definition) is 5. The van der Waals surface area contributed by atoms with Crippen molar-refractivity contribution in [3.63, 3.8) is 0 Å². The van der Waals surface area contributed by atoms with Crippen molar-refractivity contribution in [2.24, 2.45) is 11.8 Å². The Labute approximate surface area is 185 Å². The maximum absolute atomic E-state index is 13.9. The summed E-state index contributed by atoms with van der Waals surface area (Å²) < 4.78 is 13.9. The van der Waals surface area contributed by atoms with Crippen molar-refractivity contribution in [1.82, 2.24) is 9.88 Å². The summed E-state index contributed by atoms with van der Waals surface area (Å²) in [4.78, 5) is 35.4. The van der Waals surface area contributed by atoms with E-state index in [2.05, 4.69) is 10.2 Å². The molecule has 0 bridgehead atoms. The van der Waals surface area contributed by atoms with Crippen LogP contribution >= 0.6 is 11.3 Å². The maximum Gasteiger partial charge on any atom is 0.227 e. The number of halogens is 1. The monoisotopic (exact) mass is 442 g/mol. The van der Waals surface area contributed by atoms with E-state index in [1.165, 1.54) is 12.5 Å². The molecule has 164 valence electrons. The minimum atomic E-state index is -0.414. The molecule has 2 fully saturated rings. The fourth-order valence-electron chi connectivity index (χ4n) is 4.55. The molecule has 1 saturated heterocycles. The number of nitrogens with zero attached hydrogens (tertiary/aromatic N) is 3. The van der Waals surface area contributed by atoms with Crippen molar-refractivity contribution in [2.75, 3.05) is 36.4 Å². The van der Waals surface area contributed by atoms with Crippen LogP contribution in [-0.4, -0.2) is 47.9 Å². The second-order valence-corrected chi connectivity index (χ2v) is 9.78. The van der Waals surface area contributed by atoms with Crippen LogP contribution < -0.4 is 10.2 Å². The number of benzene rings is 1. The molecule has 1 aromatic carbocycles. The molecule has 1 aliphatic heterocycles. The molecule has 1 atom stereocenters. The maximum atomic E-state index is 13.9. The zero-order valence-corrected chi connectivity index (χ0v) is 18.3. The van der Waals surface area contributed by atoms with E-state index >= 15 is 0 Å². The predicted molar refractivity (Wildman–Crippen MR) is 119 cm³/mol. The van der Waals surface area contributed by atoms with Crippen molar-refractivity contribution in [3.05, 3.63) is 40.7 Å². The van der Waals surface area contributed by atoms with Gasteiger partial charge >= 0.3 is 0 Å². The molecule has 1 saturated carbocycles. The summed E-state index contributed by atoms with van der Waals surface area (Å²) in [6, 6.07) is 6.26.